The number of halogens is 2. The molecule has 1 atom stereocenters. The van der Waals surface area contributed by atoms with Crippen LogP contribution in [0.25, 0.3) is 0 Å². The highest BCUT2D eigenvalue weighted by Gasteiger charge is 2.36. The van der Waals surface area contributed by atoms with Crippen LogP contribution in [0.5, 0.6) is 0 Å². The Morgan fingerprint density at radius 2 is 2.16 bits per heavy atom. The Labute approximate surface area is 127 Å². The van der Waals surface area contributed by atoms with Crippen LogP contribution < -0.4 is 4.90 Å². The molecule has 1 aromatic carbocycles. The summed E-state index contributed by atoms with van der Waals surface area (Å²) in [6.07, 6.45) is 0. The summed E-state index contributed by atoms with van der Waals surface area (Å²) in [6.45, 7) is 0. The van der Waals surface area contributed by atoms with Crippen molar-refractivity contribution in [2.24, 2.45) is 0 Å². The van der Waals surface area contributed by atoms with Crippen molar-refractivity contribution in [3.63, 3.8) is 0 Å². The minimum Gasteiger partial charge on any atom is -0.273 e. The third-order valence-corrected chi connectivity index (χ3v) is 5.29. The summed E-state index contributed by atoms with van der Waals surface area (Å²) < 4.78 is 0. The molecule has 19 heavy (non-hydrogen) atoms. The van der Waals surface area contributed by atoms with E-state index < -0.39 is 0 Å². The van der Waals surface area contributed by atoms with E-state index in [0.717, 1.165) is 5.56 Å². The number of hydrogen-bond donors (Lipinski definition) is 0. The highest BCUT2D eigenvalue weighted by molar-refractivity contribution is 8.00. The van der Waals surface area contributed by atoms with Crippen molar-refractivity contribution in [1.29, 1.82) is 0 Å². The van der Waals surface area contributed by atoms with Crippen LogP contribution in [0.15, 0.2) is 23.7 Å². The van der Waals surface area contributed by atoms with Crippen molar-refractivity contribution < 1.29 is 4.79 Å². The standard InChI is InChI=1S/C11H7Cl2N3OS2/c12-7-2-1-6(3-8(7)13)10-16(9(17)4-18-10)11-15-14-5-19-11/h1-3,5,10H,4H2/t10-/m1/s1. The van der Waals surface area contributed by atoms with Gasteiger partial charge >= 0.3 is 0 Å². The molecule has 3 rings (SSSR count). The van der Waals surface area contributed by atoms with Crippen LogP contribution >= 0.6 is 46.3 Å². The van der Waals surface area contributed by atoms with Crippen LogP contribution in [0.2, 0.25) is 10.0 Å². The summed E-state index contributed by atoms with van der Waals surface area (Å²) in [5, 5.41) is 9.20. The number of nitrogens with zero attached hydrogens (tertiary/aromatic N) is 3. The highest BCUT2D eigenvalue weighted by Crippen LogP contribution is 2.43. The van der Waals surface area contributed by atoms with E-state index >= 15 is 0 Å². The minimum absolute atomic E-state index is 0.0258. The van der Waals surface area contributed by atoms with E-state index in [2.05, 4.69) is 10.2 Å². The molecule has 1 amide bonds. The Bertz CT molecular complexity index is 620. The lowest BCUT2D eigenvalue weighted by molar-refractivity contribution is -0.115. The quantitative estimate of drug-likeness (QED) is 0.843. The zero-order chi connectivity index (χ0) is 13.4. The van der Waals surface area contributed by atoms with Gasteiger partial charge in [-0.25, -0.2) is 0 Å². The van der Waals surface area contributed by atoms with Gasteiger partial charge in [0.2, 0.25) is 11.0 Å². The Balaban J connectivity index is 1.99. The average molecular weight is 332 g/mol. The number of anilines is 1. The normalized spacial score (nSPS) is 19.2. The predicted molar refractivity (Wildman–Crippen MR) is 79.1 cm³/mol. The average Bonchev–Trinajstić information content (AvgIpc) is 3.01. The molecule has 0 unspecified atom stereocenters. The second-order valence-electron chi connectivity index (χ2n) is 3.82. The molecule has 0 N–H and O–H groups in total. The van der Waals surface area contributed by atoms with Gasteiger partial charge in [0.1, 0.15) is 10.9 Å². The molecule has 1 aliphatic heterocycles. The van der Waals surface area contributed by atoms with E-state index in [0.29, 0.717) is 20.9 Å². The second kappa shape index (κ2) is 5.28. The molecule has 98 valence electrons. The molecule has 0 bridgehead atoms. The summed E-state index contributed by atoms with van der Waals surface area (Å²) in [6, 6.07) is 5.40. The van der Waals surface area contributed by atoms with Gasteiger partial charge in [-0.3, -0.25) is 9.69 Å². The molecule has 2 heterocycles. The third-order valence-electron chi connectivity index (χ3n) is 2.65. The Kier molecular flexibility index (Phi) is 3.66. The number of aromatic nitrogens is 2. The summed E-state index contributed by atoms with van der Waals surface area (Å²) in [7, 11) is 0. The lowest BCUT2D eigenvalue weighted by Gasteiger charge is -2.21. The van der Waals surface area contributed by atoms with Gasteiger partial charge in [-0.15, -0.1) is 22.0 Å². The molecule has 1 aliphatic rings. The van der Waals surface area contributed by atoms with Gasteiger partial charge in [0.15, 0.2) is 0 Å². The molecule has 8 heteroatoms. The molecule has 1 saturated heterocycles. The first-order chi connectivity index (χ1) is 9.16. The molecule has 0 saturated carbocycles. The van der Waals surface area contributed by atoms with E-state index in [1.54, 1.807) is 22.5 Å². The summed E-state index contributed by atoms with van der Waals surface area (Å²) >= 11 is 14.8. The van der Waals surface area contributed by atoms with Crippen LogP contribution in [0.4, 0.5) is 5.13 Å². The number of thioether (sulfide) groups is 1. The molecule has 2 aromatic rings. The van der Waals surface area contributed by atoms with Crippen LogP contribution in [0.1, 0.15) is 10.9 Å². The van der Waals surface area contributed by atoms with Crippen molar-refractivity contribution in [1.82, 2.24) is 10.2 Å². The van der Waals surface area contributed by atoms with Gasteiger partial charge in [-0.05, 0) is 17.7 Å². The number of carbonyl (C=O) groups excluding carboxylic acids is 1. The number of carbonyl (C=O) groups is 1. The number of benzene rings is 1. The summed E-state index contributed by atoms with van der Waals surface area (Å²) in [4.78, 5) is 13.6. The topological polar surface area (TPSA) is 46.1 Å². The van der Waals surface area contributed by atoms with Crippen molar-refractivity contribution in [3.05, 3.63) is 39.3 Å². The van der Waals surface area contributed by atoms with Crippen LogP contribution in [-0.2, 0) is 4.79 Å². The predicted octanol–water partition coefficient (Wildman–Crippen LogP) is 3.62. The zero-order valence-electron chi connectivity index (χ0n) is 9.42. The van der Waals surface area contributed by atoms with Crippen LogP contribution in [0, 0.1) is 0 Å². The molecule has 1 fully saturated rings. The van der Waals surface area contributed by atoms with Gasteiger partial charge < -0.3 is 0 Å². The van der Waals surface area contributed by atoms with Crippen LogP contribution in [-0.4, -0.2) is 21.9 Å². The first-order valence-corrected chi connectivity index (χ1v) is 8.00. The zero-order valence-corrected chi connectivity index (χ0v) is 12.6. The SMILES string of the molecule is O=C1CS[C@H](c2ccc(Cl)c(Cl)c2)N1c1nncs1. The third kappa shape index (κ3) is 2.45. The van der Waals surface area contributed by atoms with Crippen molar-refractivity contribution in [3.8, 4) is 0 Å². The molecule has 0 spiro atoms. The lowest BCUT2D eigenvalue weighted by atomic mass is 10.2. The van der Waals surface area contributed by atoms with E-state index in [9.17, 15) is 4.79 Å². The van der Waals surface area contributed by atoms with Crippen molar-refractivity contribution >= 4 is 57.3 Å². The second-order valence-corrected chi connectivity index (χ2v) is 6.52. The van der Waals surface area contributed by atoms with E-state index in [1.807, 2.05) is 6.07 Å². The molecule has 0 radical (unpaired) electrons. The Morgan fingerprint density at radius 3 is 2.84 bits per heavy atom. The molecule has 4 nitrogen and oxygen atoms in total. The van der Waals surface area contributed by atoms with Crippen molar-refractivity contribution in [2.75, 3.05) is 10.7 Å². The molecular formula is C11H7Cl2N3OS2. The van der Waals surface area contributed by atoms with Gasteiger partial charge in [-0.2, -0.15) is 0 Å². The largest absolute Gasteiger partial charge is 0.273 e. The summed E-state index contributed by atoms with van der Waals surface area (Å²) in [5.74, 6) is 0.447. The first-order valence-electron chi connectivity index (χ1n) is 5.31. The number of rotatable bonds is 2. The van der Waals surface area contributed by atoms with E-state index in [1.165, 1.54) is 23.1 Å². The van der Waals surface area contributed by atoms with Crippen molar-refractivity contribution in [2.45, 2.75) is 5.37 Å². The lowest BCUT2D eigenvalue weighted by Crippen LogP contribution is -2.27. The maximum atomic E-state index is 12.0. The fourth-order valence-electron chi connectivity index (χ4n) is 1.82. The Morgan fingerprint density at radius 1 is 1.32 bits per heavy atom. The van der Waals surface area contributed by atoms with Gasteiger partial charge in [0, 0.05) is 0 Å². The number of amides is 1. The van der Waals surface area contributed by atoms with E-state index in [4.69, 9.17) is 23.2 Å². The van der Waals surface area contributed by atoms with Gasteiger partial charge in [0.25, 0.3) is 0 Å². The highest BCUT2D eigenvalue weighted by atomic mass is 35.5. The molecule has 0 aliphatic carbocycles. The van der Waals surface area contributed by atoms with Gasteiger partial charge in [0.05, 0.1) is 15.8 Å². The Hall–Kier alpha value is -0.820. The smallest absolute Gasteiger partial charge is 0.240 e. The fourth-order valence-corrected chi connectivity index (χ4v) is 3.94. The summed E-state index contributed by atoms with van der Waals surface area (Å²) in [5.41, 5.74) is 2.54. The maximum absolute atomic E-state index is 12.0. The van der Waals surface area contributed by atoms with Gasteiger partial charge in [-0.1, -0.05) is 40.6 Å². The monoisotopic (exact) mass is 331 g/mol. The van der Waals surface area contributed by atoms with E-state index in [-0.39, 0.29) is 11.3 Å². The molecular weight excluding hydrogens is 325 g/mol. The minimum atomic E-state index is -0.129. The van der Waals surface area contributed by atoms with Crippen LogP contribution in [0.3, 0.4) is 0 Å². The molecule has 1 aromatic heterocycles. The fraction of sp³-hybridized carbons (Fsp3) is 0.182. The maximum Gasteiger partial charge on any atom is 0.240 e. The number of hydrogen-bond acceptors (Lipinski definition) is 5. The first kappa shape index (κ1) is 13.2.